The summed E-state index contributed by atoms with van der Waals surface area (Å²) in [5.74, 6) is 1.09. The molecule has 3 rings (SSSR count). The Balaban J connectivity index is 1.53. The highest BCUT2D eigenvalue weighted by Crippen LogP contribution is 2.22. The van der Waals surface area contributed by atoms with E-state index in [4.69, 9.17) is 4.42 Å². The van der Waals surface area contributed by atoms with Crippen LogP contribution in [0, 0.1) is 20.8 Å². The van der Waals surface area contributed by atoms with Crippen molar-refractivity contribution in [2.24, 2.45) is 0 Å². The summed E-state index contributed by atoms with van der Waals surface area (Å²) >= 11 is 0. The first kappa shape index (κ1) is 17.0. The molecule has 0 spiro atoms. The maximum Gasteiger partial charge on any atom is 0.315 e. The second kappa shape index (κ2) is 6.96. The van der Waals surface area contributed by atoms with Gasteiger partial charge in [0, 0.05) is 12.2 Å². The Morgan fingerprint density at radius 1 is 1.28 bits per heavy atom. The predicted molar refractivity (Wildman–Crippen MR) is 93.3 cm³/mol. The van der Waals surface area contributed by atoms with Gasteiger partial charge in [-0.3, -0.25) is 4.79 Å². The van der Waals surface area contributed by atoms with Crippen LogP contribution in [0.4, 0.5) is 10.5 Å². The van der Waals surface area contributed by atoms with E-state index < -0.39 is 12.1 Å². The van der Waals surface area contributed by atoms with Crippen LogP contribution in [0.5, 0.6) is 0 Å². The van der Waals surface area contributed by atoms with Crippen molar-refractivity contribution in [3.8, 4) is 0 Å². The number of aromatic nitrogens is 1. The lowest BCUT2D eigenvalue weighted by atomic mass is 10.2. The number of aryl methyl sites for hydroxylation is 3. The van der Waals surface area contributed by atoms with Gasteiger partial charge in [-0.15, -0.1) is 0 Å². The number of urea groups is 1. The van der Waals surface area contributed by atoms with Crippen molar-refractivity contribution in [2.45, 2.75) is 39.8 Å². The number of hydrogen-bond acceptors (Lipinski definition) is 4. The Morgan fingerprint density at radius 2 is 2.00 bits per heavy atom. The predicted octanol–water partition coefficient (Wildman–Crippen LogP) is 2.20. The highest BCUT2D eigenvalue weighted by Gasteiger charge is 2.33. The molecule has 0 unspecified atom stereocenters. The molecule has 132 valence electrons. The molecular formula is C18H22N4O3. The Bertz CT molecular complexity index is 763. The van der Waals surface area contributed by atoms with Crippen LogP contribution in [0.15, 0.2) is 28.7 Å². The smallest absolute Gasteiger partial charge is 0.315 e. The molecule has 7 nitrogen and oxygen atoms in total. The van der Waals surface area contributed by atoms with Gasteiger partial charge in [0.05, 0.1) is 12.2 Å². The summed E-state index contributed by atoms with van der Waals surface area (Å²) in [6.45, 7) is 6.44. The average Bonchev–Trinajstić information content (AvgIpc) is 3.10. The molecule has 0 radical (unpaired) electrons. The quantitative estimate of drug-likeness (QED) is 0.892. The van der Waals surface area contributed by atoms with Crippen molar-refractivity contribution < 1.29 is 14.0 Å². The lowest BCUT2D eigenvalue weighted by molar-refractivity contribution is -0.118. The van der Waals surface area contributed by atoms with Crippen LogP contribution in [-0.2, 0) is 11.3 Å². The van der Waals surface area contributed by atoms with Gasteiger partial charge in [0.2, 0.25) is 11.8 Å². The van der Waals surface area contributed by atoms with Gasteiger partial charge in [-0.1, -0.05) is 17.7 Å². The number of anilines is 1. The summed E-state index contributed by atoms with van der Waals surface area (Å²) in [6, 6.07) is 6.85. The van der Waals surface area contributed by atoms with E-state index in [2.05, 4.69) is 15.6 Å². The van der Waals surface area contributed by atoms with Crippen molar-refractivity contribution in [1.29, 1.82) is 0 Å². The van der Waals surface area contributed by atoms with Crippen molar-refractivity contribution >= 4 is 17.6 Å². The SMILES string of the molecule is Cc1ccc(N2CC[C@@H](NC(=O)NCc3nc(C)c(C)o3)C2=O)cc1. The van der Waals surface area contributed by atoms with Gasteiger partial charge in [0.25, 0.3) is 0 Å². The molecule has 0 aliphatic carbocycles. The minimum absolute atomic E-state index is 0.0955. The van der Waals surface area contributed by atoms with E-state index in [1.54, 1.807) is 4.90 Å². The van der Waals surface area contributed by atoms with Gasteiger partial charge >= 0.3 is 6.03 Å². The first-order valence-corrected chi connectivity index (χ1v) is 8.29. The fraction of sp³-hybridized carbons (Fsp3) is 0.389. The van der Waals surface area contributed by atoms with Gasteiger partial charge in [0.1, 0.15) is 11.8 Å². The van der Waals surface area contributed by atoms with Crippen LogP contribution in [0.1, 0.15) is 29.3 Å². The lowest BCUT2D eigenvalue weighted by Gasteiger charge is -2.17. The molecule has 1 atom stereocenters. The third-order valence-electron chi connectivity index (χ3n) is 4.33. The lowest BCUT2D eigenvalue weighted by Crippen LogP contribution is -2.46. The number of benzene rings is 1. The Kier molecular flexibility index (Phi) is 4.74. The fourth-order valence-corrected chi connectivity index (χ4v) is 2.77. The van der Waals surface area contributed by atoms with E-state index >= 15 is 0 Å². The summed E-state index contributed by atoms with van der Waals surface area (Å²) < 4.78 is 5.41. The number of oxazole rings is 1. The number of rotatable bonds is 4. The van der Waals surface area contributed by atoms with Gasteiger partial charge in [-0.25, -0.2) is 9.78 Å². The normalized spacial score (nSPS) is 17.0. The summed E-state index contributed by atoms with van der Waals surface area (Å²) in [7, 11) is 0. The van der Waals surface area contributed by atoms with E-state index in [0.717, 1.165) is 22.7 Å². The number of amides is 3. The number of hydrogen-bond donors (Lipinski definition) is 2. The molecule has 1 fully saturated rings. The Labute approximate surface area is 146 Å². The largest absolute Gasteiger partial charge is 0.444 e. The van der Waals surface area contributed by atoms with Crippen LogP contribution in [-0.4, -0.2) is 29.5 Å². The highest BCUT2D eigenvalue weighted by molar-refractivity contribution is 6.01. The van der Waals surface area contributed by atoms with Crippen LogP contribution >= 0.6 is 0 Å². The van der Waals surface area contributed by atoms with E-state index in [9.17, 15) is 9.59 Å². The number of carbonyl (C=O) groups excluding carboxylic acids is 2. The Hall–Kier alpha value is -2.83. The molecule has 0 saturated carbocycles. The first-order chi connectivity index (χ1) is 11.9. The maximum atomic E-state index is 12.5. The van der Waals surface area contributed by atoms with Crippen LogP contribution in [0.25, 0.3) is 0 Å². The molecule has 1 aromatic carbocycles. The minimum atomic E-state index is -0.519. The van der Waals surface area contributed by atoms with Crippen molar-refractivity contribution in [2.75, 3.05) is 11.4 Å². The first-order valence-electron chi connectivity index (χ1n) is 8.29. The Morgan fingerprint density at radius 3 is 2.64 bits per heavy atom. The molecule has 7 heteroatoms. The zero-order chi connectivity index (χ0) is 18.0. The zero-order valence-corrected chi connectivity index (χ0v) is 14.6. The van der Waals surface area contributed by atoms with Crippen LogP contribution in [0.3, 0.4) is 0 Å². The molecule has 2 heterocycles. The molecule has 1 aliphatic heterocycles. The number of carbonyl (C=O) groups is 2. The summed E-state index contributed by atoms with van der Waals surface area (Å²) in [4.78, 5) is 30.4. The van der Waals surface area contributed by atoms with E-state index in [-0.39, 0.29) is 12.5 Å². The molecule has 3 amide bonds. The summed E-state index contributed by atoms with van der Waals surface area (Å²) in [6.07, 6.45) is 0.581. The second-order valence-corrected chi connectivity index (χ2v) is 6.24. The minimum Gasteiger partial charge on any atom is -0.444 e. The number of nitrogens with zero attached hydrogens (tertiary/aromatic N) is 2. The molecule has 1 saturated heterocycles. The standard InChI is InChI=1S/C18H22N4O3/c1-11-4-6-14(7-5-11)22-9-8-15(17(22)23)21-18(24)19-10-16-20-12(2)13(3)25-16/h4-7,15H,8-10H2,1-3H3,(H2,19,21,24)/t15-/m1/s1. The van der Waals surface area contributed by atoms with Gasteiger partial charge in [0.15, 0.2) is 0 Å². The summed E-state index contributed by atoms with van der Waals surface area (Å²) in [5.41, 5.74) is 2.80. The molecule has 1 aromatic heterocycles. The third-order valence-corrected chi connectivity index (χ3v) is 4.33. The molecule has 2 N–H and O–H groups in total. The second-order valence-electron chi connectivity index (χ2n) is 6.24. The fourth-order valence-electron chi connectivity index (χ4n) is 2.77. The molecule has 0 bridgehead atoms. The van der Waals surface area contributed by atoms with Gasteiger partial charge in [-0.2, -0.15) is 0 Å². The molecule has 2 aromatic rings. The monoisotopic (exact) mass is 342 g/mol. The van der Waals surface area contributed by atoms with Crippen molar-refractivity contribution in [3.63, 3.8) is 0 Å². The maximum absolute atomic E-state index is 12.5. The zero-order valence-electron chi connectivity index (χ0n) is 14.6. The van der Waals surface area contributed by atoms with Crippen LogP contribution in [0.2, 0.25) is 0 Å². The van der Waals surface area contributed by atoms with Crippen molar-refractivity contribution in [1.82, 2.24) is 15.6 Å². The van der Waals surface area contributed by atoms with Crippen molar-refractivity contribution in [3.05, 3.63) is 47.2 Å². The summed E-state index contributed by atoms with van der Waals surface area (Å²) in [5, 5.41) is 5.39. The van der Waals surface area contributed by atoms with E-state index in [1.807, 2.05) is 45.0 Å². The topological polar surface area (TPSA) is 87.5 Å². The molecule has 25 heavy (non-hydrogen) atoms. The molecule has 1 aliphatic rings. The number of nitrogens with one attached hydrogen (secondary N) is 2. The van der Waals surface area contributed by atoms with E-state index in [1.165, 1.54) is 0 Å². The third kappa shape index (κ3) is 3.81. The van der Waals surface area contributed by atoms with E-state index in [0.29, 0.717) is 18.9 Å². The highest BCUT2D eigenvalue weighted by atomic mass is 16.4. The van der Waals surface area contributed by atoms with Gasteiger partial charge in [-0.05, 0) is 39.3 Å². The van der Waals surface area contributed by atoms with Gasteiger partial charge < -0.3 is 20.0 Å². The molecular weight excluding hydrogens is 320 g/mol. The average molecular weight is 342 g/mol. The van der Waals surface area contributed by atoms with Crippen LogP contribution < -0.4 is 15.5 Å².